The predicted octanol–water partition coefficient (Wildman–Crippen LogP) is -0.652. The maximum Gasteiger partial charge on any atom is 0.471 e. The second-order valence-corrected chi connectivity index (χ2v) is 25.9. The molecule has 16 N–H and O–H groups in total. The van der Waals surface area contributed by atoms with Gasteiger partial charge in [0.2, 0.25) is 23.6 Å². The van der Waals surface area contributed by atoms with Gasteiger partial charge in [-0.25, -0.2) is 4.57 Å². The number of rotatable bonds is 51. The SMILES string of the molecule is C.C.CC.COCCCC(=O)CCCC(=O)CCC(C(=O)NCC(=O)NCCCO[C@@H]1OC(CO)[C@H](O)[C@H](O)C1C)N(CC(=O)CCC(=O)NCCCO[C@@H]1OC(CO)[C@H](O)[C@H](O)C1C)CC(=O)CCC(=O)NCCCO[C@@H]1OC(CO)[C@H](O)[C@H](O)C1C.COP(=O)(O)OCCCCCCN. The van der Waals surface area contributed by atoms with Gasteiger partial charge in [-0.3, -0.25) is 52.3 Å². The number of aliphatic hydroxyl groups excluding tert-OH is 9. The lowest BCUT2D eigenvalue weighted by Crippen LogP contribution is -2.55. The largest absolute Gasteiger partial charge is 0.471 e. The first-order valence-electron chi connectivity index (χ1n) is 34.5. The fourth-order valence-corrected chi connectivity index (χ4v) is 10.9. The average molecular weight is 1480 g/mol. The monoisotopic (exact) mass is 1480 g/mol. The summed E-state index contributed by atoms with van der Waals surface area (Å²) in [4.78, 5) is 116. The number of ether oxygens (including phenoxy) is 7. The van der Waals surface area contributed by atoms with Crippen LogP contribution in [0.25, 0.3) is 0 Å². The molecule has 0 aromatic heterocycles. The smallest absolute Gasteiger partial charge is 0.394 e. The maximum atomic E-state index is 14.2. The van der Waals surface area contributed by atoms with E-state index in [1.165, 1.54) is 12.0 Å². The summed E-state index contributed by atoms with van der Waals surface area (Å²) in [6.45, 7) is 7.26. The predicted molar refractivity (Wildman–Crippen MR) is 368 cm³/mol. The molecule has 0 radical (unpaired) electrons. The second kappa shape index (κ2) is 57.2. The van der Waals surface area contributed by atoms with Crippen molar-refractivity contribution in [2.45, 2.75) is 245 Å². The van der Waals surface area contributed by atoms with Gasteiger partial charge in [0.1, 0.15) is 59.8 Å². The average Bonchev–Trinajstić information content (AvgIpc) is 0.836. The number of unbranched alkanes of at least 4 members (excludes halogenated alkanes) is 3. The summed E-state index contributed by atoms with van der Waals surface area (Å²) in [5.74, 6) is -5.90. The molecule has 0 aromatic carbocycles. The number of ketones is 4. The first kappa shape index (κ1) is 99.0. The first-order chi connectivity index (χ1) is 47.2. The first-order valence-corrected chi connectivity index (χ1v) is 36.0. The van der Waals surface area contributed by atoms with E-state index in [4.69, 9.17) is 43.8 Å². The van der Waals surface area contributed by atoms with Gasteiger partial charge < -0.3 is 111 Å². The second-order valence-electron chi connectivity index (χ2n) is 24.4. The van der Waals surface area contributed by atoms with Crippen LogP contribution in [-0.2, 0) is 85.1 Å². The zero-order chi connectivity index (χ0) is 74.5. The quantitative estimate of drug-likeness (QED) is 0.0266. The van der Waals surface area contributed by atoms with Crippen molar-refractivity contribution in [1.29, 1.82) is 0 Å². The number of carbonyl (C=O) groups excluding carboxylic acids is 8. The van der Waals surface area contributed by atoms with E-state index in [1.54, 1.807) is 20.8 Å². The number of phosphoric acid groups is 1. The molecule has 3 aliphatic heterocycles. The van der Waals surface area contributed by atoms with Crippen LogP contribution in [0, 0.1) is 17.8 Å². The number of nitrogens with one attached hydrogen (secondary N) is 4. The third-order valence-electron chi connectivity index (χ3n) is 16.5. The van der Waals surface area contributed by atoms with Crippen molar-refractivity contribution < 1.29 is 136 Å². The Morgan fingerprint density at radius 2 is 0.861 bits per heavy atom. The standard InChI is InChI=1S/C55H95N5O24.C7H18NO4P.C2H6.2CH4/c1-32-46(71)49(74)40(29-61)82-53(32)79-23-7-19-56-43(68)17-14-37(66)27-60(28-38(67)15-18-44(69)57-20-8-24-80-54-33(2)47(72)50(75)41(30-62)83-54)39(16-13-36(65)11-5-10-35(64)12-6-22-78-4)52(77)59-26-45(70)58-21-9-25-81-55-34(3)48(73)51(76)42(31-63)84-55;1-11-13(9,10)12-7-5-3-2-4-6-8;1-2;;/h32-34,39-42,46-51,53-55,61-63,71-76H,5-31H2,1-4H3,(H,56,68)(H,57,69)(H,58,70)(H,59,77);2-8H2,1H3,(H,9,10);1-2H3;2*1H4/t32?,33?,34?,39?,40?,41?,42?,46-,47-,48-,49+,50+,51+,53-,54-,55-;;;;/m1..../s1. The Morgan fingerprint density at radius 1 is 0.475 bits per heavy atom. The molecule has 3 fully saturated rings. The van der Waals surface area contributed by atoms with E-state index in [-0.39, 0.29) is 156 Å². The molecule has 0 spiro atoms. The van der Waals surface area contributed by atoms with E-state index in [2.05, 4.69) is 30.3 Å². The van der Waals surface area contributed by atoms with E-state index in [0.29, 0.717) is 19.6 Å². The summed E-state index contributed by atoms with van der Waals surface area (Å²) in [7, 11) is -1.09. The van der Waals surface area contributed by atoms with E-state index >= 15 is 0 Å². The highest BCUT2D eigenvalue weighted by Gasteiger charge is 2.45. The maximum absolute atomic E-state index is 14.2. The van der Waals surface area contributed by atoms with Gasteiger partial charge in [-0.05, 0) is 57.9 Å². The van der Waals surface area contributed by atoms with Crippen molar-refractivity contribution in [2.75, 3.05) is 113 Å². The molecule has 0 aliphatic carbocycles. The number of nitrogens with zero attached hydrogens (tertiary/aromatic N) is 1. The Labute approximate surface area is 596 Å². The fourth-order valence-electron chi connectivity index (χ4n) is 10.4. The minimum Gasteiger partial charge on any atom is -0.394 e. The molecule has 34 nitrogen and oxygen atoms in total. The lowest BCUT2D eigenvalue weighted by Gasteiger charge is -2.40. The molecule has 8 unspecified atom stereocenters. The minimum absolute atomic E-state index is 0. The van der Waals surface area contributed by atoms with Crippen LogP contribution < -0.4 is 27.0 Å². The molecule has 594 valence electrons. The molecule has 3 saturated heterocycles. The summed E-state index contributed by atoms with van der Waals surface area (Å²) in [6.07, 6.45) is -9.58. The van der Waals surface area contributed by atoms with E-state index in [0.717, 1.165) is 32.8 Å². The lowest BCUT2D eigenvalue weighted by molar-refractivity contribution is -0.282. The molecule has 0 aromatic rings. The van der Waals surface area contributed by atoms with Crippen LogP contribution in [0.5, 0.6) is 0 Å². The van der Waals surface area contributed by atoms with Gasteiger partial charge >= 0.3 is 7.82 Å². The van der Waals surface area contributed by atoms with E-state index < -0.39 is 180 Å². The molecule has 3 heterocycles. The van der Waals surface area contributed by atoms with Crippen LogP contribution in [0.15, 0.2) is 0 Å². The molecule has 17 atom stereocenters. The van der Waals surface area contributed by atoms with Gasteiger partial charge in [-0.2, -0.15) is 0 Å². The number of carbonyl (C=O) groups is 8. The molecule has 3 aliphatic rings. The molecule has 3 rings (SSSR count). The summed E-state index contributed by atoms with van der Waals surface area (Å²) in [6, 6.07) is -1.38. The van der Waals surface area contributed by atoms with Gasteiger partial charge in [0.15, 0.2) is 18.9 Å². The van der Waals surface area contributed by atoms with Gasteiger partial charge in [0, 0.05) is 110 Å². The molecule has 101 heavy (non-hydrogen) atoms. The van der Waals surface area contributed by atoms with Crippen LogP contribution >= 0.6 is 7.82 Å². The van der Waals surface area contributed by atoms with Crippen LogP contribution in [0.1, 0.15) is 165 Å². The van der Waals surface area contributed by atoms with Crippen molar-refractivity contribution in [2.24, 2.45) is 23.5 Å². The molecule has 0 saturated carbocycles. The highest BCUT2D eigenvalue weighted by Crippen LogP contribution is 2.42. The number of nitrogens with two attached hydrogens (primary N) is 1. The highest BCUT2D eigenvalue weighted by molar-refractivity contribution is 7.47. The van der Waals surface area contributed by atoms with Gasteiger partial charge in [0.05, 0.1) is 90.2 Å². The number of aliphatic hydroxyl groups is 9. The molecule has 0 bridgehead atoms. The zero-order valence-electron chi connectivity index (χ0n) is 58.9. The van der Waals surface area contributed by atoms with Gasteiger partial charge in [-0.1, -0.05) is 62.3 Å². The molecule has 4 amide bonds. The third kappa shape index (κ3) is 40.3. The summed E-state index contributed by atoms with van der Waals surface area (Å²) in [5.41, 5.74) is 5.30. The van der Waals surface area contributed by atoms with Crippen LogP contribution in [-0.4, -0.2) is 295 Å². The lowest BCUT2D eigenvalue weighted by atomic mass is 9.92. The Hall–Kier alpha value is -4.05. The fraction of sp³-hybridized carbons (Fsp3) is 0.879. The normalized spacial score (nSPS) is 25.6. The van der Waals surface area contributed by atoms with Gasteiger partial charge in [-0.15, -0.1) is 0 Å². The van der Waals surface area contributed by atoms with Crippen molar-refractivity contribution in [1.82, 2.24) is 26.2 Å². The minimum atomic E-state index is -3.75. The number of methoxy groups -OCH3 is 1. The summed E-state index contributed by atoms with van der Waals surface area (Å²) >= 11 is 0. The number of phosphoric ester groups is 1. The molecular weight excluding hydrogens is 1360 g/mol. The number of hydrogen-bond acceptors (Lipinski definition) is 29. The third-order valence-corrected chi connectivity index (χ3v) is 17.5. The number of Topliss-reactive ketones (excluding diaryl/α,β-unsaturated/α-hetero) is 4. The number of amides is 4. The van der Waals surface area contributed by atoms with Crippen molar-refractivity contribution in [3.05, 3.63) is 0 Å². The van der Waals surface area contributed by atoms with Crippen molar-refractivity contribution in [3.63, 3.8) is 0 Å². The zero-order valence-corrected chi connectivity index (χ0v) is 59.8. The Bertz CT molecular complexity index is 2260. The number of hydrogen-bond donors (Lipinski definition) is 15. The highest BCUT2D eigenvalue weighted by atomic mass is 31.2. The van der Waals surface area contributed by atoms with E-state index in [9.17, 15) is 88.9 Å². The summed E-state index contributed by atoms with van der Waals surface area (Å²) in [5, 5.41) is 100. The summed E-state index contributed by atoms with van der Waals surface area (Å²) < 4.78 is 58.3. The van der Waals surface area contributed by atoms with Crippen molar-refractivity contribution in [3.8, 4) is 0 Å². The Kier molecular flexibility index (Phi) is 56.1. The van der Waals surface area contributed by atoms with Crippen molar-refractivity contribution >= 4 is 54.6 Å². The van der Waals surface area contributed by atoms with Crippen LogP contribution in [0.4, 0.5) is 0 Å². The van der Waals surface area contributed by atoms with Crippen LogP contribution in [0.3, 0.4) is 0 Å². The van der Waals surface area contributed by atoms with E-state index in [1.807, 2.05) is 13.8 Å². The van der Waals surface area contributed by atoms with Crippen LogP contribution in [0.2, 0.25) is 0 Å². The van der Waals surface area contributed by atoms with Gasteiger partial charge in [0.25, 0.3) is 0 Å². The topological polar surface area (TPSA) is 516 Å². The Morgan fingerprint density at radius 3 is 1.25 bits per heavy atom. The molecular formula is C66H127N6O28P. The Balaban J connectivity index is 0. The molecule has 35 heteroatoms.